The molecule has 1 heterocycles. The van der Waals surface area contributed by atoms with E-state index in [9.17, 15) is 0 Å². The minimum absolute atomic E-state index is 0.298. The quantitative estimate of drug-likeness (QED) is 0.695. The SMILES string of the molecule is Clc1cncc(OCc2ccccc2Oc2ccccc2)n1. The average molecular weight is 313 g/mol. The second kappa shape index (κ2) is 6.91. The van der Waals surface area contributed by atoms with Crippen molar-refractivity contribution in [3.63, 3.8) is 0 Å². The van der Waals surface area contributed by atoms with Gasteiger partial charge in [0.15, 0.2) is 5.15 Å². The van der Waals surface area contributed by atoms with Crippen LogP contribution in [-0.2, 0) is 6.61 Å². The molecule has 1 aromatic heterocycles. The Hall–Kier alpha value is -2.59. The van der Waals surface area contributed by atoms with E-state index >= 15 is 0 Å². The molecule has 0 amide bonds. The van der Waals surface area contributed by atoms with E-state index in [1.54, 1.807) is 0 Å². The molecule has 0 atom stereocenters. The molecule has 0 spiro atoms. The minimum Gasteiger partial charge on any atom is -0.472 e. The van der Waals surface area contributed by atoms with Crippen molar-refractivity contribution in [3.05, 3.63) is 77.7 Å². The van der Waals surface area contributed by atoms with Crippen LogP contribution in [0.5, 0.6) is 17.4 Å². The van der Waals surface area contributed by atoms with Crippen molar-refractivity contribution < 1.29 is 9.47 Å². The molecule has 0 saturated heterocycles. The van der Waals surface area contributed by atoms with Gasteiger partial charge in [-0.25, -0.2) is 0 Å². The van der Waals surface area contributed by atoms with E-state index in [1.807, 2.05) is 54.6 Å². The van der Waals surface area contributed by atoms with Gasteiger partial charge in [-0.2, -0.15) is 4.98 Å². The summed E-state index contributed by atoms with van der Waals surface area (Å²) in [5.74, 6) is 1.89. The maximum Gasteiger partial charge on any atom is 0.234 e. The van der Waals surface area contributed by atoms with E-state index in [0.717, 1.165) is 17.1 Å². The summed E-state index contributed by atoms with van der Waals surface area (Å²) in [4.78, 5) is 7.98. The van der Waals surface area contributed by atoms with Crippen LogP contribution in [0.15, 0.2) is 67.0 Å². The highest BCUT2D eigenvalue weighted by Gasteiger charge is 2.06. The number of rotatable bonds is 5. The van der Waals surface area contributed by atoms with Gasteiger partial charge in [-0.05, 0) is 18.2 Å². The van der Waals surface area contributed by atoms with Crippen LogP contribution in [0.25, 0.3) is 0 Å². The van der Waals surface area contributed by atoms with Crippen LogP contribution >= 0.6 is 11.6 Å². The van der Waals surface area contributed by atoms with Crippen molar-refractivity contribution >= 4 is 11.6 Å². The van der Waals surface area contributed by atoms with Crippen molar-refractivity contribution in [2.75, 3.05) is 0 Å². The number of hydrogen-bond donors (Lipinski definition) is 0. The fourth-order valence-electron chi connectivity index (χ4n) is 1.88. The second-order valence-electron chi connectivity index (χ2n) is 4.49. The predicted molar refractivity (Wildman–Crippen MR) is 84.3 cm³/mol. The standard InChI is InChI=1S/C17H13ClN2O2/c18-16-10-19-11-17(20-16)21-12-13-6-4-5-9-15(13)22-14-7-2-1-3-8-14/h1-11H,12H2. The zero-order valence-electron chi connectivity index (χ0n) is 11.6. The van der Waals surface area contributed by atoms with Crippen LogP contribution in [0.3, 0.4) is 0 Å². The number of benzene rings is 2. The van der Waals surface area contributed by atoms with Crippen LogP contribution < -0.4 is 9.47 Å². The third-order valence-corrected chi connectivity index (χ3v) is 3.08. The fourth-order valence-corrected chi connectivity index (χ4v) is 2.02. The molecule has 22 heavy (non-hydrogen) atoms. The molecule has 0 aliphatic heterocycles. The zero-order chi connectivity index (χ0) is 15.2. The van der Waals surface area contributed by atoms with Crippen LogP contribution in [0.4, 0.5) is 0 Å². The average Bonchev–Trinajstić information content (AvgIpc) is 2.55. The van der Waals surface area contributed by atoms with E-state index in [1.165, 1.54) is 12.4 Å². The lowest BCUT2D eigenvalue weighted by molar-refractivity contribution is 0.287. The van der Waals surface area contributed by atoms with Crippen molar-refractivity contribution in [1.82, 2.24) is 9.97 Å². The Balaban J connectivity index is 1.74. The first-order chi connectivity index (χ1) is 10.8. The Morgan fingerprint density at radius 3 is 2.50 bits per heavy atom. The van der Waals surface area contributed by atoms with Crippen LogP contribution in [0, 0.1) is 0 Å². The smallest absolute Gasteiger partial charge is 0.234 e. The zero-order valence-corrected chi connectivity index (χ0v) is 12.4. The van der Waals surface area contributed by atoms with Gasteiger partial charge in [-0.1, -0.05) is 48.0 Å². The summed E-state index contributed by atoms with van der Waals surface area (Å²) in [5, 5.41) is 0.298. The molecule has 3 aromatic rings. The molecule has 5 heteroatoms. The summed E-state index contributed by atoms with van der Waals surface area (Å²) in [6.45, 7) is 0.317. The number of aromatic nitrogens is 2. The summed E-state index contributed by atoms with van der Waals surface area (Å²) in [6.07, 6.45) is 2.98. The molecule has 4 nitrogen and oxygen atoms in total. The molecule has 0 unspecified atom stereocenters. The molecule has 0 saturated carbocycles. The van der Waals surface area contributed by atoms with Gasteiger partial charge in [-0.15, -0.1) is 0 Å². The molecule has 0 aliphatic rings. The van der Waals surface area contributed by atoms with Crippen LogP contribution in [0.1, 0.15) is 5.56 Å². The van der Waals surface area contributed by atoms with Crippen molar-refractivity contribution in [2.24, 2.45) is 0 Å². The second-order valence-corrected chi connectivity index (χ2v) is 4.88. The lowest BCUT2D eigenvalue weighted by Gasteiger charge is -2.11. The van der Waals surface area contributed by atoms with E-state index in [-0.39, 0.29) is 0 Å². The monoisotopic (exact) mass is 312 g/mol. The summed E-state index contributed by atoms with van der Waals surface area (Å²) in [7, 11) is 0. The van der Waals surface area contributed by atoms with E-state index < -0.39 is 0 Å². The highest BCUT2D eigenvalue weighted by Crippen LogP contribution is 2.25. The number of halogens is 1. The lowest BCUT2D eigenvalue weighted by Crippen LogP contribution is -2.00. The fraction of sp³-hybridized carbons (Fsp3) is 0.0588. The first kappa shape index (κ1) is 14.4. The third kappa shape index (κ3) is 3.74. The summed E-state index contributed by atoms with van der Waals surface area (Å²) < 4.78 is 11.5. The van der Waals surface area contributed by atoms with E-state index in [4.69, 9.17) is 21.1 Å². The maximum atomic E-state index is 5.88. The van der Waals surface area contributed by atoms with Crippen molar-refractivity contribution in [2.45, 2.75) is 6.61 Å². The van der Waals surface area contributed by atoms with Gasteiger partial charge in [-0.3, -0.25) is 4.98 Å². The van der Waals surface area contributed by atoms with Gasteiger partial charge in [0, 0.05) is 5.56 Å². The molecule has 110 valence electrons. The molecule has 0 aliphatic carbocycles. The molecular weight excluding hydrogens is 300 g/mol. The van der Waals surface area contributed by atoms with Crippen LogP contribution in [0.2, 0.25) is 5.15 Å². The van der Waals surface area contributed by atoms with Crippen LogP contribution in [-0.4, -0.2) is 9.97 Å². The Morgan fingerprint density at radius 2 is 1.68 bits per heavy atom. The first-order valence-corrected chi connectivity index (χ1v) is 7.10. The summed E-state index contributed by atoms with van der Waals surface area (Å²) in [6, 6.07) is 17.3. The Bertz CT molecular complexity index is 750. The molecule has 2 aromatic carbocycles. The van der Waals surface area contributed by atoms with Crippen molar-refractivity contribution in [1.29, 1.82) is 0 Å². The Morgan fingerprint density at radius 1 is 0.909 bits per heavy atom. The minimum atomic E-state index is 0.298. The largest absolute Gasteiger partial charge is 0.472 e. The van der Waals surface area contributed by atoms with Gasteiger partial charge in [0.2, 0.25) is 5.88 Å². The summed E-state index contributed by atoms with van der Waals surface area (Å²) >= 11 is 5.79. The lowest BCUT2D eigenvalue weighted by atomic mass is 10.2. The predicted octanol–water partition coefficient (Wildman–Crippen LogP) is 4.50. The van der Waals surface area contributed by atoms with E-state index in [2.05, 4.69) is 9.97 Å². The number of hydrogen-bond acceptors (Lipinski definition) is 4. The first-order valence-electron chi connectivity index (χ1n) is 6.72. The van der Waals surface area contributed by atoms with Gasteiger partial charge >= 0.3 is 0 Å². The number of ether oxygens (including phenoxy) is 2. The highest BCUT2D eigenvalue weighted by molar-refractivity contribution is 6.29. The normalized spacial score (nSPS) is 10.2. The molecule has 0 radical (unpaired) electrons. The summed E-state index contributed by atoms with van der Waals surface area (Å²) in [5.41, 5.74) is 0.910. The topological polar surface area (TPSA) is 44.2 Å². The van der Waals surface area contributed by atoms with Gasteiger partial charge in [0.05, 0.1) is 12.4 Å². The Kier molecular flexibility index (Phi) is 4.51. The molecule has 0 N–H and O–H groups in total. The molecular formula is C17H13ClN2O2. The number of para-hydroxylation sites is 2. The maximum absolute atomic E-state index is 5.88. The number of nitrogens with zero attached hydrogens (tertiary/aromatic N) is 2. The molecule has 3 rings (SSSR count). The van der Waals surface area contributed by atoms with E-state index in [0.29, 0.717) is 17.6 Å². The Labute approximate surface area is 133 Å². The molecule has 0 fully saturated rings. The van der Waals surface area contributed by atoms with Gasteiger partial charge in [0.25, 0.3) is 0 Å². The van der Waals surface area contributed by atoms with Gasteiger partial charge in [0.1, 0.15) is 18.1 Å². The van der Waals surface area contributed by atoms with Gasteiger partial charge < -0.3 is 9.47 Å². The van der Waals surface area contributed by atoms with Crippen molar-refractivity contribution in [3.8, 4) is 17.4 Å². The highest BCUT2D eigenvalue weighted by atomic mass is 35.5. The molecule has 0 bridgehead atoms. The third-order valence-electron chi connectivity index (χ3n) is 2.90.